The highest BCUT2D eigenvalue weighted by Crippen LogP contribution is 2.22. The summed E-state index contributed by atoms with van der Waals surface area (Å²) in [7, 11) is 0. The molecule has 1 aromatic heterocycles. The zero-order chi connectivity index (χ0) is 13.5. The molecule has 0 fully saturated rings. The first kappa shape index (κ1) is 15.4. The Bertz CT molecular complexity index is 377. The summed E-state index contributed by atoms with van der Waals surface area (Å²) < 4.78 is 0.857. The van der Waals surface area contributed by atoms with Crippen LogP contribution >= 0.6 is 15.9 Å². The minimum Gasteiger partial charge on any atom is -0.383 e. The highest BCUT2D eigenvalue weighted by atomic mass is 79.9. The van der Waals surface area contributed by atoms with Crippen LogP contribution in [0.25, 0.3) is 0 Å². The van der Waals surface area contributed by atoms with Gasteiger partial charge in [-0.2, -0.15) is 0 Å². The predicted molar refractivity (Wildman–Crippen MR) is 79.6 cm³/mol. The maximum atomic E-state index is 5.91. The second-order valence-corrected chi connectivity index (χ2v) is 5.11. The van der Waals surface area contributed by atoms with E-state index in [0.29, 0.717) is 5.82 Å². The molecule has 0 aliphatic carbocycles. The maximum Gasteiger partial charge on any atom is 0.141 e. The first-order valence-corrected chi connectivity index (χ1v) is 7.44. The molecule has 4 nitrogen and oxygen atoms in total. The normalized spacial score (nSPS) is 11.2. The number of rotatable bonds is 7. The lowest BCUT2D eigenvalue weighted by molar-refractivity contribution is 0.305. The number of hydrogen-bond donors (Lipinski definition) is 1. The van der Waals surface area contributed by atoms with Gasteiger partial charge in [0.15, 0.2) is 0 Å². The van der Waals surface area contributed by atoms with Crippen molar-refractivity contribution in [3.05, 3.63) is 16.0 Å². The molecule has 0 bridgehead atoms. The van der Waals surface area contributed by atoms with Crippen molar-refractivity contribution >= 4 is 21.7 Å². The highest BCUT2D eigenvalue weighted by molar-refractivity contribution is 9.10. The molecule has 102 valence electrons. The van der Waals surface area contributed by atoms with E-state index in [1.165, 1.54) is 0 Å². The summed E-state index contributed by atoms with van der Waals surface area (Å²) in [4.78, 5) is 11.3. The number of anilines is 1. The maximum absolute atomic E-state index is 5.91. The van der Waals surface area contributed by atoms with Crippen LogP contribution in [0, 0.1) is 0 Å². The summed E-state index contributed by atoms with van der Waals surface area (Å²) in [5, 5.41) is 0. The second kappa shape index (κ2) is 7.69. The lowest BCUT2D eigenvalue weighted by Crippen LogP contribution is -2.26. The summed E-state index contributed by atoms with van der Waals surface area (Å²) in [6.07, 6.45) is 2.85. The van der Waals surface area contributed by atoms with Crippen molar-refractivity contribution in [1.82, 2.24) is 14.9 Å². The minimum atomic E-state index is 0.558. The largest absolute Gasteiger partial charge is 0.383 e. The molecule has 1 heterocycles. The Morgan fingerprint density at radius 3 is 2.33 bits per heavy atom. The standard InChI is InChI=1S/C13H23BrN4/c1-4-7-10-12(14)13(15)17-11(16-10)8-9-18(5-2)6-3/h4-9H2,1-3H3,(H2,15,16,17). The van der Waals surface area contributed by atoms with Crippen LogP contribution in [0.2, 0.25) is 0 Å². The van der Waals surface area contributed by atoms with Gasteiger partial charge in [-0.1, -0.05) is 27.2 Å². The van der Waals surface area contributed by atoms with Crippen molar-refractivity contribution in [2.75, 3.05) is 25.4 Å². The quantitative estimate of drug-likeness (QED) is 0.840. The first-order valence-electron chi connectivity index (χ1n) is 6.65. The Balaban J connectivity index is 2.77. The zero-order valence-electron chi connectivity index (χ0n) is 11.5. The SMILES string of the molecule is CCCc1nc(CCN(CC)CC)nc(N)c1Br. The van der Waals surface area contributed by atoms with Gasteiger partial charge in [-0.05, 0) is 35.4 Å². The Hall–Kier alpha value is -0.680. The summed E-state index contributed by atoms with van der Waals surface area (Å²) >= 11 is 3.46. The van der Waals surface area contributed by atoms with Gasteiger partial charge in [-0.3, -0.25) is 0 Å². The van der Waals surface area contributed by atoms with Crippen molar-refractivity contribution in [3.8, 4) is 0 Å². The van der Waals surface area contributed by atoms with Gasteiger partial charge in [0.2, 0.25) is 0 Å². The zero-order valence-corrected chi connectivity index (χ0v) is 13.1. The van der Waals surface area contributed by atoms with Crippen LogP contribution in [0.3, 0.4) is 0 Å². The molecule has 1 rings (SSSR count). The number of nitrogen functional groups attached to an aromatic ring is 1. The molecule has 0 aliphatic heterocycles. The second-order valence-electron chi connectivity index (χ2n) is 4.31. The van der Waals surface area contributed by atoms with Gasteiger partial charge >= 0.3 is 0 Å². The summed E-state index contributed by atoms with van der Waals surface area (Å²) in [6, 6.07) is 0. The Morgan fingerprint density at radius 1 is 1.11 bits per heavy atom. The molecule has 0 saturated heterocycles. The topological polar surface area (TPSA) is 55.0 Å². The minimum absolute atomic E-state index is 0.558. The van der Waals surface area contributed by atoms with Crippen LogP contribution in [-0.2, 0) is 12.8 Å². The third-order valence-corrected chi connectivity index (χ3v) is 3.89. The molecule has 0 saturated carbocycles. The number of likely N-dealkylation sites (N-methyl/N-ethyl adjacent to an activating group) is 1. The number of halogens is 1. The first-order chi connectivity index (χ1) is 8.62. The van der Waals surface area contributed by atoms with Crippen molar-refractivity contribution < 1.29 is 0 Å². The molecule has 0 radical (unpaired) electrons. The van der Waals surface area contributed by atoms with Gasteiger partial charge in [0, 0.05) is 13.0 Å². The van der Waals surface area contributed by atoms with Crippen LogP contribution in [0.5, 0.6) is 0 Å². The van der Waals surface area contributed by atoms with Gasteiger partial charge in [0.05, 0.1) is 10.2 Å². The molecule has 18 heavy (non-hydrogen) atoms. The van der Waals surface area contributed by atoms with Gasteiger partial charge in [-0.25, -0.2) is 9.97 Å². The smallest absolute Gasteiger partial charge is 0.141 e. The van der Waals surface area contributed by atoms with Gasteiger partial charge in [0.1, 0.15) is 11.6 Å². The summed E-state index contributed by atoms with van der Waals surface area (Å²) in [5.74, 6) is 1.41. The number of hydrogen-bond acceptors (Lipinski definition) is 4. The molecular formula is C13H23BrN4. The van der Waals surface area contributed by atoms with Gasteiger partial charge in [-0.15, -0.1) is 0 Å². The molecule has 0 spiro atoms. The summed E-state index contributed by atoms with van der Waals surface area (Å²) in [6.45, 7) is 9.58. The molecule has 2 N–H and O–H groups in total. The lowest BCUT2D eigenvalue weighted by atomic mass is 10.2. The van der Waals surface area contributed by atoms with E-state index < -0.39 is 0 Å². The van der Waals surface area contributed by atoms with Gasteiger partial charge < -0.3 is 10.6 Å². The predicted octanol–water partition coefficient (Wildman–Crippen LogP) is 2.66. The molecule has 0 amide bonds. The van der Waals surface area contributed by atoms with Crippen LogP contribution in [-0.4, -0.2) is 34.5 Å². The average Bonchev–Trinajstić information content (AvgIpc) is 2.36. The molecule has 1 aromatic rings. The fourth-order valence-electron chi connectivity index (χ4n) is 1.88. The van der Waals surface area contributed by atoms with Crippen LogP contribution in [0.15, 0.2) is 4.47 Å². The Morgan fingerprint density at radius 2 is 1.78 bits per heavy atom. The van der Waals surface area contributed by atoms with Crippen molar-refractivity contribution in [3.63, 3.8) is 0 Å². The third kappa shape index (κ3) is 4.21. The van der Waals surface area contributed by atoms with Gasteiger partial charge in [0.25, 0.3) is 0 Å². The third-order valence-electron chi connectivity index (χ3n) is 3.02. The van der Waals surface area contributed by atoms with E-state index in [1.54, 1.807) is 0 Å². The van der Waals surface area contributed by atoms with Crippen molar-refractivity contribution in [2.24, 2.45) is 0 Å². The molecule has 0 aromatic carbocycles. The highest BCUT2D eigenvalue weighted by Gasteiger charge is 2.10. The monoisotopic (exact) mass is 314 g/mol. The van der Waals surface area contributed by atoms with Crippen molar-refractivity contribution in [2.45, 2.75) is 40.0 Å². The number of nitrogens with two attached hydrogens (primary N) is 1. The van der Waals surface area contributed by atoms with Crippen LogP contribution < -0.4 is 5.73 Å². The van der Waals surface area contributed by atoms with E-state index in [2.05, 4.69) is 51.6 Å². The van der Waals surface area contributed by atoms with Crippen molar-refractivity contribution in [1.29, 1.82) is 0 Å². The molecule has 0 aliphatic rings. The number of aryl methyl sites for hydroxylation is 1. The average molecular weight is 315 g/mol. The van der Waals surface area contributed by atoms with E-state index in [4.69, 9.17) is 5.73 Å². The van der Waals surface area contributed by atoms with E-state index >= 15 is 0 Å². The van der Waals surface area contributed by atoms with E-state index in [0.717, 1.165) is 54.9 Å². The Kier molecular flexibility index (Phi) is 6.57. The van der Waals surface area contributed by atoms with E-state index in [1.807, 2.05) is 0 Å². The summed E-state index contributed by atoms with van der Waals surface area (Å²) in [5.41, 5.74) is 6.94. The van der Waals surface area contributed by atoms with E-state index in [-0.39, 0.29) is 0 Å². The molecular weight excluding hydrogens is 292 g/mol. The van der Waals surface area contributed by atoms with Crippen LogP contribution in [0.1, 0.15) is 38.7 Å². The number of aromatic nitrogens is 2. The molecule has 0 atom stereocenters. The molecule has 0 unspecified atom stereocenters. The van der Waals surface area contributed by atoms with Crippen LogP contribution in [0.4, 0.5) is 5.82 Å². The fraction of sp³-hybridized carbons (Fsp3) is 0.692. The van der Waals surface area contributed by atoms with E-state index in [9.17, 15) is 0 Å². The Labute approximate surface area is 118 Å². The number of nitrogens with zero attached hydrogens (tertiary/aromatic N) is 3. The fourth-order valence-corrected chi connectivity index (χ4v) is 2.25. The lowest BCUT2D eigenvalue weighted by Gasteiger charge is -2.17. The molecule has 5 heteroatoms.